The monoisotopic (exact) mass is 585 g/mol. The fourth-order valence-electron chi connectivity index (χ4n) is 3.59. The highest BCUT2D eigenvalue weighted by Crippen LogP contribution is 2.37. The molecule has 15 heteroatoms. The van der Waals surface area contributed by atoms with E-state index >= 15 is 0 Å². The minimum absolute atomic E-state index is 0.225. The number of aryl methyl sites for hydroxylation is 1. The Labute approximate surface area is 227 Å². The molecule has 218 valence electrons. The molecule has 0 spiro atoms. The second-order valence-electron chi connectivity index (χ2n) is 8.12. The third-order valence-electron chi connectivity index (χ3n) is 5.39. The van der Waals surface area contributed by atoms with Gasteiger partial charge in [0.1, 0.15) is 6.61 Å². The number of carboxylic acids is 2. The highest BCUT2D eigenvalue weighted by Gasteiger charge is 2.39. The number of rotatable bonds is 3. The van der Waals surface area contributed by atoms with Crippen LogP contribution in [0.4, 0.5) is 26.3 Å². The van der Waals surface area contributed by atoms with Crippen LogP contribution in [0, 0.1) is 0 Å². The number of benzene rings is 2. The number of nitrogens with zero attached hydrogens (tertiary/aromatic N) is 3. The molecule has 1 atom stereocenters. The molecule has 0 amide bonds. The third-order valence-corrected chi connectivity index (χ3v) is 5.39. The van der Waals surface area contributed by atoms with Crippen molar-refractivity contribution in [2.24, 2.45) is 0 Å². The van der Waals surface area contributed by atoms with Gasteiger partial charge in [-0.15, -0.1) is 0 Å². The van der Waals surface area contributed by atoms with Crippen molar-refractivity contribution in [2.45, 2.75) is 31.9 Å². The quantitative estimate of drug-likeness (QED) is 0.285. The van der Waals surface area contributed by atoms with Gasteiger partial charge in [-0.25, -0.2) is 14.6 Å². The predicted molar refractivity (Wildman–Crippen MR) is 131 cm³/mol. The van der Waals surface area contributed by atoms with Crippen LogP contribution in [0.3, 0.4) is 0 Å². The summed E-state index contributed by atoms with van der Waals surface area (Å²) in [5.74, 6) is -3.07. The molecule has 5 rings (SSSR count). The van der Waals surface area contributed by atoms with Gasteiger partial charge in [-0.1, -0.05) is 18.2 Å². The molecular formula is C26H21F6N3O6. The Hall–Kier alpha value is -4.82. The second kappa shape index (κ2) is 12.6. The van der Waals surface area contributed by atoms with E-state index in [1.54, 1.807) is 0 Å². The fourth-order valence-corrected chi connectivity index (χ4v) is 3.59. The lowest BCUT2D eigenvalue weighted by molar-refractivity contribution is -0.193. The summed E-state index contributed by atoms with van der Waals surface area (Å²) in [6, 6.07) is 18.1. The first-order valence-corrected chi connectivity index (χ1v) is 11.6. The number of ether oxygens (including phenoxy) is 2. The van der Waals surface area contributed by atoms with Crippen molar-refractivity contribution >= 4 is 23.0 Å². The van der Waals surface area contributed by atoms with Crippen LogP contribution in [0.1, 0.15) is 18.9 Å². The Bertz CT molecular complexity index is 1480. The first-order valence-electron chi connectivity index (χ1n) is 11.6. The lowest BCUT2D eigenvalue weighted by atomic mass is 10.1. The van der Waals surface area contributed by atoms with E-state index in [4.69, 9.17) is 34.3 Å². The van der Waals surface area contributed by atoms with Gasteiger partial charge < -0.3 is 24.3 Å². The second-order valence-corrected chi connectivity index (χ2v) is 8.12. The first-order chi connectivity index (χ1) is 19.2. The van der Waals surface area contributed by atoms with Crippen LogP contribution in [0.2, 0.25) is 0 Å². The van der Waals surface area contributed by atoms with Crippen molar-refractivity contribution in [2.75, 3.05) is 6.61 Å². The van der Waals surface area contributed by atoms with Gasteiger partial charge in [0.2, 0.25) is 0 Å². The molecule has 0 saturated heterocycles. The Morgan fingerprint density at radius 2 is 1.46 bits per heavy atom. The molecule has 9 nitrogen and oxygen atoms in total. The molecule has 2 aromatic heterocycles. The average Bonchev–Trinajstić information content (AvgIpc) is 3.31. The number of aromatic nitrogens is 3. The molecule has 0 bridgehead atoms. The number of carboxylic acid groups (broad SMARTS) is 2. The van der Waals surface area contributed by atoms with Crippen molar-refractivity contribution in [1.82, 2.24) is 14.5 Å². The van der Waals surface area contributed by atoms with Gasteiger partial charge in [-0.3, -0.25) is 4.98 Å². The minimum Gasteiger partial charge on any atom is -0.485 e. The summed E-state index contributed by atoms with van der Waals surface area (Å²) in [6.45, 7) is 3.39. The lowest BCUT2D eigenvalue weighted by Gasteiger charge is -2.26. The zero-order valence-corrected chi connectivity index (χ0v) is 21.0. The lowest BCUT2D eigenvalue weighted by Crippen LogP contribution is -2.24. The van der Waals surface area contributed by atoms with Crippen LogP contribution in [0.5, 0.6) is 11.5 Å². The Balaban J connectivity index is 0.000000276. The maximum Gasteiger partial charge on any atom is 0.490 e. The van der Waals surface area contributed by atoms with E-state index in [2.05, 4.69) is 34.7 Å². The normalized spacial score (nSPS) is 14.3. The molecule has 1 aliphatic rings. The smallest absolute Gasteiger partial charge is 0.485 e. The highest BCUT2D eigenvalue weighted by atomic mass is 19.4. The summed E-state index contributed by atoms with van der Waals surface area (Å²) in [4.78, 5) is 26.8. The molecule has 2 aromatic carbocycles. The fraction of sp³-hybridized carbons (Fsp3) is 0.231. The Morgan fingerprint density at radius 3 is 2.00 bits per heavy atom. The summed E-state index contributed by atoms with van der Waals surface area (Å²) in [5.41, 5.74) is 4.36. The van der Waals surface area contributed by atoms with Crippen LogP contribution in [0.25, 0.3) is 22.2 Å². The van der Waals surface area contributed by atoms with Gasteiger partial charge in [-0.05, 0) is 54.4 Å². The van der Waals surface area contributed by atoms with Gasteiger partial charge in [-0.2, -0.15) is 26.3 Å². The van der Waals surface area contributed by atoms with Crippen molar-refractivity contribution in [3.63, 3.8) is 0 Å². The van der Waals surface area contributed by atoms with E-state index in [1.165, 1.54) is 0 Å². The molecule has 1 aliphatic heterocycles. The van der Waals surface area contributed by atoms with Crippen molar-refractivity contribution in [3.05, 3.63) is 72.8 Å². The summed E-state index contributed by atoms with van der Waals surface area (Å²) in [5, 5.41) is 14.2. The largest absolute Gasteiger partial charge is 0.490 e. The van der Waals surface area contributed by atoms with Crippen LogP contribution in [0.15, 0.2) is 67.0 Å². The number of hydrogen-bond donors (Lipinski definition) is 2. The van der Waals surface area contributed by atoms with Gasteiger partial charge in [0, 0.05) is 18.9 Å². The van der Waals surface area contributed by atoms with Gasteiger partial charge in [0.15, 0.2) is 23.4 Å². The topological polar surface area (TPSA) is 124 Å². The number of aliphatic carboxylic acids is 2. The van der Waals surface area contributed by atoms with Crippen molar-refractivity contribution in [1.29, 1.82) is 0 Å². The molecule has 0 fully saturated rings. The molecule has 2 N–H and O–H groups in total. The van der Waals surface area contributed by atoms with Gasteiger partial charge in [0.05, 0.1) is 11.0 Å². The molecule has 0 aliphatic carbocycles. The molecule has 3 heterocycles. The average molecular weight is 585 g/mol. The van der Waals surface area contributed by atoms with E-state index in [9.17, 15) is 26.3 Å². The summed E-state index contributed by atoms with van der Waals surface area (Å²) < 4.78 is 77.8. The zero-order chi connectivity index (χ0) is 30.4. The Kier molecular flexibility index (Phi) is 9.42. The maximum atomic E-state index is 10.6. The number of pyridine rings is 1. The number of para-hydroxylation sites is 2. The highest BCUT2D eigenvalue weighted by molar-refractivity contribution is 5.82. The number of hydrogen-bond acceptors (Lipinski definition) is 6. The molecule has 41 heavy (non-hydrogen) atoms. The van der Waals surface area contributed by atoms with Crippen LogP contribution in [-0.2, 0) is 16.1 Å². The van der Waals surface area contributed by atoms with Crippen LogP contribution in [-0.4, -0.2) is 55.6 Å². The molecular weight excluding hydrogens is 564 g/mol. The number of alkyl halides is 6. The first kappa shape index (κ1) is 30.7. The van der Waals surface area contributed by atoms with Gasteiger partial charge in [0.25, 0.3) is 0 Å². The number of carbonyl (C=O) groups is 2. The van der Waals surface area contributed by atoms with Crippen molar-refractivity contribution in [3.8, 4) is 22.6 Å². The standard InChI is InChI=1S/C22H19N3O2.2C2HF3O2/c1-2-25-18-13-16(15-9-11-23-12-10-15)7-8-17(18)24-22(25)21-14-26-19-5-3-4-6-20(19)27-21;2*3-2(4,5)1(6)7/h3-13,21H,2,14H2,1H3;2*(H,6,7). The SMILES string of the molecule is CCn1c(C2COc3ccccc3O2)nc2ccc(-c3ccncc3)cc21.O=C(O)C(F)(F)F.O=C(O)C(F)(F)F. The number of halogens is 6. The van der Waals surface area contributed by atoms with Crippen LogP contribution < -0.4 is 9.47 Å². The van der Waals surface area contributed by atoms with E-state index < -0.39 is 24.3 Å². The van der Waals surface area contributed by atoms with E-state index in [0.29, 0.717) is 6.61 Å². The minimum atomic E-state index is -5.08. The van der Waals surface area contributed by atoms with E-state index in [-0.39, 0.29) is 6.10 Å². The summed E-state index contributed by atoms with van der Waals surface area (Å²) in [7, 11) is 0. The molecule has 4 aromatic rings. The molecule has 0 radical (unpaired) electrons. The number of fused-ring (bicyclic) bond motifs is 2. The summed E-state index contributed by atoms with van der Waals surface area (Å²) >= 11 is 0. The number of imidazole rings is 1. The zero-order valence-electron chi connectivity index (χ0n) is 21.0. The van der Waals surface area contributed by atoms with E-state index in [1.807, 2.05) is 48.8 Å². The van der Waals surface area contributed by atoms with Crippen molar-refractivity contribution < 1.29 is 55.6 Å². The Morgan fingerprint density at radius 1 is 0.902 bits per heavy atom. The maximum absolute atomic E-state index is 10.6. The van der Waals surface area contributed by atoms with Gasteiger partial charge >= 0.3 is 24.3 Å². The predicted octanol–water partition coefficient (Wildman–Crippen LogP) is 5.90. The summed E-state index contributed by atoms with van der Waals surface area (Å²) in [6.07, 6.45) is -6.77. The third kappa shape index (κ3) is 7.86. The van der Waals surface area contributed by atoms with E-state index in [0.717, 1.165) is 46.0 Å². The molecule has 0 saturated carbocycles. The van der Waals surface area contributed by atoms with Crippen LogP contribution >= 0.6 is 0 Å². The molecule has 1 unspecified atom stereocenters.